The molecule has 0 amide bonds. The molecule has 0 spiro atoms. The molecule has 0 aromatic carbocycles. The molecule has 2 rings (SSSR count). The molecule has 0 fully saturated rings. The Morgan fingerprint density at radius 2 is 2.46 bits per heavy atom. The van der Waals surface area contributed by atoms with Crippen LogP contribution in [0.1, 0.15) is 11.4 Å². The van der Waals surface area contributed by atoms with E-state index < -0.39 is 0 Å². The Hall–Kier alpha value is -2.15. The number of aromatic nitrogens is 3. The number of fused-ring (bicyclic) bond motifs is 1. The quantitative estimate of drug-likeness (QED) is 0.647. The number of hydrogen-bond acceptors (Lipinski definition) is 3. The summed E-state index contributed by atoms with van der Waals surface area (Å²) in [4.78, 5) is 4.11. The Morgan fingerprint density at radius 3 is 3.15 bits per heavy atom. The highest BCUT2D eigenvalue weighted by Gasteiger charge is 2.03. The van der Waals surface area contributed by atoms with E-state index in [0.29, 0.717) is 17.0 Å². The van der Waals surface area contributed by atoms with Crippen molar-refractivity contribution < 1.29 is 0 Å². The molecular weight excluding hydrogens is 164 g/mol. The Labute approximate surface area is 74.8 Å². The monoisotopic (exact) mass is 170 g/mol. The molecule has 4 heteroatoms. The normalized spacial score (nSPS) is 9.77. The molecule has 2 aromatic rings. The van der Waals surface area contributed by atoms with Crippen LogP contribution in [0.2, 0.25) is 0 Å². The van der Waals surface area contributed by atoms with Crippen molar-refractivity contribution in [3.05, 3.63) is 36.3 Å². The van der Waals surface area contributed by atoms with Crippen LogP contribution in [-0.4, -0.2) is 14.6 Å². The lowest BCUT2D eigenvalue weighted by atomic mass is 10.3. The molecule has 62 valence electrons. The van der Waals surface area contributed by atoms with Gasteiger partial charge in [0.15, 0.2) is 11.5 Å². The van der Waals surface area contributed by atoms with E-state index in [1.54, 1.807) is 28.9 Å². The van der Waals surface area contributed by atoms with Gasteiger partial charge in [-0.15, -0.1) is 5.10 Å². The van der Waals surface area contributed by atoms with Crippen molar-refractivity contribution >= 4 is 11.7 Å². The maximum absolute atomic E-state index is 8.76. The minimum absolute atomic E-state index is 0.517. The third kappa shape index (κ3) is 1.07. The summed E-state index contributed by atoms with van der Waals surface area (Å²) in [6.45, 7) is 3.56. The van der Waals surface area contributed by atoms with Gasteiger partial charge in [-0.1, -0.05) is 6.58 Å². The van der Waals surface area contributed by atoms with Crippen LogP contribution < -0.4 is 0 Å². The molecule has 0 unspecified atom stereocenters. The molecular formula is C9H6N4. The zero-order valence-corrected chi connectivity index (χ0v) is 6.81. The SMILES string of the molecule is C=Cc1nc2c(C#N)cccn2n1. The Morgan fingerprint density at radius 1 is 1.62 bits per heavy atom. The Balaban J connectivity index is 2.83. The number of nitriles is 1. The van der Waals surface area contributed by atoms with Gasteiger partial charge in [0, 0.05) is 6.20 Å². The van der Waals surface area contributed by atoms with Crippen molar-refractivity contribution in [3.63, 3.8) is 0 Å². The van der Waals surface area contributed by atoms with Gasteiger partial charge in [-0.05, 0) is 18.2 Å². The lowest BCUT2D eigenvalue weighted by Gasteiger charge is -1.90. The van der Waals surface area contributed by atoms with E-state index in [9.17, 15) is 0 Å². The summed E-state index contributed by atoms with van der Waals surface area (Å²) < 4.78 is 1.57. The van der Waals surface area contributed by atoms with Gasteiger partial charge in [0.25, 0.3) is 0 Å². The standard InChI is InChI=1S/C9H6N4/c1-2-8-11-9-7(6-10)4-3-5-13(9)12-8/h2-5H,1H2. The fourth-order valence-corrected chi connectivity index (χ4v) is 1.10. The van der Waals surface area contributed by atoms with Gasteiger partial charge in [0.2, 0.25) is 0 Å². The fraction of sp³-hybridized carbons (Fsp3) is 0. The van der Waals surface area contributed by atoms with E-state index in [-0.39, 0.29) is 0 Å². The van der Waals surface area contributed by atoms with Crippen LogP contribution in [-0.2, 0) is 0 Å². The van der Waals surface area contributed by atoms with Gasteiger partial charge in [0.05, 0.1) is 5.56 Å². The maximum Gasteiger partial charge on any atom is 0.174 e. The summed E-state index contributed by atoms with van der Waals surface area (Å²) in [6.07, 6.45) is 3.30. The summed E-state index contributed by atoms with van der Waals surface area (Å²) >= 11 is 0. The molecule has 13 heavy (non-hydrogen) atoms. The molecule has 0 radical (unpaired) electrons. The Bertz CT molecular complexity index is 504. The first-order valence-electron chi connectivity index (χ1n) is 3.73. The highest BCUT2D eigenvalue weighted by molar-refractivity contribution is 5.56. The highest BCUT2D eigenvalue weighted by Crippen LogP contribution is 2.07. The minimum atomic E-state index is 0.517. The van der Waals surface area contributed by atoms with Crippen molar-refractivity contribution in [1.29, 1.82) is 5.26 Å². The van der Waals surface area contributed by atoms with E-state index >= 15 is 0 Å². The largest absolute Gasteiger partial charge is 0.219 e. The van der Waals surface area contributed by atoms with Gasteiger partial charge in [-0.25, -0.2) is 9.50 Å². The number of pyridine rings is 1. The molecule has 2 heterocycles. The van der Waals surface area contributed by atoms with Gasteiger partial charge in [-0.2, -0.15) is 5.26 Å². The second kappa shape index (κ2) is 2.72. The van der Waals surface area contributed by atoms with Crippen molar-refractivity contribution in [1.82, 2.24) is 14.6 Å². The molecule has 0 atom stereocenters. The van der Waals surface area contributed by atoms with Crippen LogP contribution in [0.3, 0.4) is 0 Å². The molecule has 0 N–H and O–H groups in total. The van der Waals surface area contributed by atoms with Crippen molar-refractivity contribution in [2.45, 2.75) is 0 Å². The first-order valence-corrected chi connectivity index (χ1v) is 3.73. The van der Waals surface area contributed by atoms with E-state index in [2.05, 4.69) is 16.7 Å². The van der Waals surface area contributed by atoms with Crippen LogP contribution in [0.5, 0.6) is 0 Å². The van der Waals surface area contributed by atoms with Gasteiger partial charge < -0.3 is 0 Å². The third-order valence-electron chi connectivity index (χ3n) is 1.68. The van der Waals surface area contributed by atoms with Crippen LogP contribution in [0.25, 0.3) is 11.7 Å². The number of rotatable bonds is 1. The van der Waals surface area contributed by atoms with E-state index in [1.807, 2.05) is 6.07 Å². The molecule has 0 aliphatic carbocycles. The first-order chi connectivity index (χ1) is 6.35. The van der Waals surface area contributed by atoms with Gasteiger partial charge in [0.1, 0.15) is 6.07 Å². The summed E-state index contributed by atoms with van der Waals surface area (Å²) in [5.74, 6) is 0.530. The van der Waals surface area contributed by atoms with Gasteiger partial charge in [-0.3, -0.25) is 0 Å². The highest BCUT2D eigenvalue weighted by atomic mass is 15.3. The smallest absolute Gasteiger partial charge is 0.174 e. The molecule has 0 aliphatic rings. The van der Waals surface area contributed by atoms with Crippen LogP contribution in [0.4, 0.5) is 0 Å². The van der Waals surface area contributed by atoms with E-state index in [0.717, 1.165) is 0 Å². The van der Waals surface area contributed by atoms with Crippen molar-refractivity contribution in [2.24, 2.45) is 0 Å². The van der Waals surface area contributed by atoms with E-state index in [1.165, 1.54) is 0 Å². The van der Waals surface area contributed by atoms with Gasteiger partial charge >= 0.3 is 0 Å². The van der Waals surface area contributed by atoms with Crippen LogP contribution in [0, 0.1) is 11.3 Å². The average Bonchev–Trinajstić information content (AvgIpc) is 2.59. The van der Waals surface area contributed by atoms with Crippen molar-refractivity contribution in [2.75, 3.05) is 0 Å². The molecule has 2 aromatic heterocycles. The average molecular weight is 170 g/mol. The van der Waals surface area contributed by atoms with E-state index in [4.69, 9.17) is 5.26 Å². The molecule has 4 nitrogen and oxygen atoms in total. The van der Waals surface area contributed by atoms with Crippen LogP contribution >= 0.6 is 0 Å². The lowest BCUT2D eigenvalue weighted by Crippen LogP contribution is -1.88. The first kappa shape index (κ1) is 7.50. The summed E-state index contributed by atoms with van der Waals surface area (Å²) in [7, 11) is 0. The molecule has 0 bridgehead atoms. The molecule has 0 saturated heterocycles. The Kier molecular flexibility index (Phi) is 1.57. The summed E-state index contributed by atoms with van der Waals surface area (Å²) in [5, 5.41) is 12.8. The maximum atomic E-state index is 8.76. The van der Waals surface area contributed by atoms with Crippen LogP contribution in [0.15, 0.2) is 24.9 Å². The third-order valence-corrected chi connectivity index (χ3v) is 1.68. The van der Waals surface area contributed by atoms with Crippen molar-refractivity contribution in [3.8, 4) is 6.07 Å². The molecule has 0 saturated carbocycles. The predicted octanol–water partition coefficient (Wildman–Crippen LogP) is 1.24. The lowest BCUT2D eigenvalue weighted by molar-refractivity contribution is 0.952. The minimum Gasteiger partial charge on any atom is -0.219 e. The zero-order chi connectivity index (χ0) is 9.26. The topological polar surface area (TPSA) is 54.0 Å². The second-order valence-corrected chi connectivity index (χ2v) is 2.48. The summed E-state index contributed by atoms with van der Waals surface area (Å²) in [6, 6.07) is 5.51. The number of nitrogens with zero attached hydrogens (tertiary/aromatic N) is 4. The summed E-state index contributed by atoms with van der Waals surface area (Å²) in [5.41, 5.74) is 1.09. The second-order valence-electron chi connectivity index (χ2n) is 2.48. The fourth-order valence-electron chi connectivity index (χ4n) is 1.10. The predicted molar refractivity (Wildman–Crippen MR) is 47.8 cm³/mol. The molecule has 0 aliphatic heterocycles. The number of hydrogen-bond donors (Lipinski definition) is 0. The zero-order valence-electron chi connectivity index (χ0n) is 6.81.